The Morgan fingerprint density at radius 2 is 1.90 bits per heavy atom. The summed E-state index contributed by atoms with van der Waals surface area (Å²) in [6.45, 7) is 4.12. The second-order valence-corrected chi connectivity index (χ2v) is 7.88. The van der Waals surface area contributed by atoms with E-state index in [2.05, 4.69) is 10.3 Å². The molecule has 1 aliphatic rings. The first-order valence-corrected chi connectivity index (χ1v) is 10.1. The number of amides is 2. The van der Waals surface area contributed by atoms with Crippen LogP contribution in [-0.2, 0) is 9.59 Å². The highest BCUT2D eigenvalue weighted by molar-refractivity contribution is 6.04. The summed E-state index contributed by atoms with van der Waals surface area (Å²) in [5.41, 5.74) is 1.65. The average Bonchev–Trinajstić information content (AvgIpc) is 3.16. The predicted octanol–water partition coefficient (Wildman–Crippen LogP) is 2.98. The highest BCUT2D eigenvalue weighted by Gasteiger charge is 2.35. The zero-order valence-corrected chi connectivity index (χ0v) is 17.7. The third-order valence-corrected chi connectivity index (χ3v) is 5.49. The summed E-state index contributed by atoms with van der Waals surface area (Å²) in [4.78, 5) is 43.9. The number of anilines is 2. The number of carbonyl (C=O) groups excluding carboxylic acids is 2. The van der Waals surface area contributed by atoms with Gasteiger partial charge in [-0.3, -0.25) is 19.0 Å². The number of hydrogen-bond acceptors (Lipinski definition) is 5. The lowest BCUT2D eigenvalue weighted by Gasteiger charge is -2.17. The molecule has 3 aromatic rings. The quantitative estimate of drug-likeness (QED) is 0.685. The summed E-state index contributed by atoms with van der Waals surface area (Å²) in [7, 11) is 1.58. The van der Waals surface area contributed by atoms with E-state index in [1.165, 1.54) is 6.33 Å². The van der Waals surface area contributed by atoms with E-state index in [4.69, 9.17) is 4.74 Å². The van der Waals surface area contributed by atoms with Gasteiger partial charge in [-0.25, -0.2) is 4.98 Å². The molecule has 2 aromatic carbocycles. The first kappa shape index (κ1) is 20.6. The van der Waals surface area contributed by atoms with Crippen LogP contribution in [0.4, 0.5) is 11.4 Å². The van der Waals surface area contributed by atoms with Gasteiger partial charge in [0.2, 0.25) is 11.8 Å². The molecule has 0 radical (unpaired) electrons. The van der Waals surface area contributed by atoms with Gasteiger partial charge in [-0.15, -0.1) is 0 Å². The molecule has 1 N–H and O–H groups in total. The van der Waals surface area contributed by atoms with Crippen molar-refractivity contribution >= 4 is 34.1 Å². The van der Waals surface area contributed by atoms with Crippen molar-refractivity contribution in [1.82, 2.24) is 9.55 Å². The van der Waals surface area contributed by atoms with E-state index in [0.29, 0.717) is 28.9 Å². The lowest BCUT2D eigenvalue weighted by molar-refractivity contribution is -0.122. The number of ether oxygens (including phenoxy) is 1. The van der Waals surface area contributed by atoms with E-state index < -0.39 is 5.92 Å². The molecular formula is C23H24N4O4. The van der Waals surface area contributed by atoms with Crippen molar-refractivity contribution in [3.05, 3.63) is 59.1 Å². The second-order valence-electron chi connectivity index (χ2n) is 7.88. The Hall–Kier alpha value is -3.68. The molecule has 1 atom stereocenters. The van der Waals surface area contributed by atoms with E-state index in [1.807, 2.05) is 13.8 Å². The molecule has 1 aliphatic heterocycles. The minimum absolute atomic E-state index is 0.0175. The monoisotopic (exact) mass is 420 g/mol. The number of rotatable bonds is 5. The SMILES string of the molecule is COc1ccc(N2C[C@H](C(=O)Nc3ccc4ncn(C(C)C)c(=O)c4c3)CC2=O)cc1. The van der Waals surface area contributed by atoms with Gasteiger partial charge in [-0.1, -0.05) is 0 Å². The lowest BCUT2D eigenvalue weighted by Crippen LogP contribution is -2.28. The Morgan fingerprint density at radius 1 is 1.16 bits per heavy atom. The van der Waals surface area contributed by atoms with Crippen LogP contribution in [0.15, 0.2) is 53.6 Å². The highest BCUT2D eigenvalue weighted by atomic mass is 16.5. The molecule has 1 saturated heterocycles. The van der Waals surface area contributed by atoms with Gasteiger partial charge in [0, 0.05) is 30.4 Å². The van der Waals surface area contributed by atoms with Gasteiger partial charge >= 0.3 is 0 Å². The minimum Gasteiger partial charge on any atom is -0.497 e. The molecule has 0 bridgehead atoms. The zero-order chi connectivity index (χ0) is 22.1. The van der Waals surface area contributed by atoms with Crippen LogP contribution in [0.5, 0.6) is 5.75 Å². The van der Waals surface area contributed by atoms with Crippen molar-refractivity contribution in [2.24, 2.45) is 5.92 Å². The van der Waals surface area contributed by atoms with Crippen LogP contribution < -0.4 is 20.5 Å². The minimum atomic E-state index is -0.480. The molecule has 31 heavy (non-hydrogen) atoms. The zero-order valence-electron chi connectivity index (χ0n) is 17.7. The van der Waals surface area contributed by atoms with Crippen LogP contribution in [0.3, 0.4) is 0 Å². The van der Waals surface area contributed by atoms with E-state index >= 15 is 0 Å². The molecule has 8 heteroatoms. The van der Waals surface area contributed by atoms with Crippen molar-refractivity contribution in [2.75, 3.05) is 23.9 Å². The van der Waals surface area contributed by atoms with Gasteiger partial charge in [-0.2, -0.15) is 0 Å². The first-order valence-electron chi connectivity index (χ1n) is 10.1. The molecule has 8 nitrogen and oxygen atoms in total. The second kappa shape index (κ2) is 8.22. The Balaban J connectivity index is 1.51. The number of aromatic nitrogens is 2. The smallest absolute Gasteiger partial charge is 0.261 e. The molecule has 2 amide bonds. The Kier molecular flexibility index (Phi) is 5.46. The molecule has 4 rings (SSSR count). The van der Waals surface area contributed by atoms with Crippen LogP contribution in [0, 0.1) is 5.92 Å². The van der Waals surface area contributed by atoms with Gasteiger partial charge < -0.3 is 15.0 Å². The van der Waals surface area contributed by atoms with Crippen molar-refractivity contribution in [3.8, 4) is 5.75 Å². The van der Waals surface area contributed by atoms with Gasteiger partial charge in [0.1, 0.15) is 5.75 Å². The number of methoxy groups -OCH3 is 1. The van der Waals surface area contributed by atoms with Gasteiger partial charge in [-0.05, 0) is 56.3 Å². The summed E-state index contributed by atoms with van der Waals surface area (Å²) in [6.07, 6.45) is 1.67. The molecule has 0 saturated carbocycles. The van der Waals surface area contributed by atoms with Crippen LogP contribution >= 0.6 is 0 Å². The molecule has 2 heterocycles. The number of fused-ring (bicyclic) bond motifs is 1. The fraction of sp³-hybridized carbons (Fsp3) is 0.304. The van der Waals surface area contributed by atoms with Gasteiger partial charge in [0.25, 0.3) is 5.56 Å². The summed E-state index contributed by atoms with van der Waals surface area (Å²) >= 11 is 0. The normalized spacial score (nSPS) is 16.2. The molecular weight excluding hydrogens is 396 g/mol. The maximum Gasteiger partial charge on any atom is 0.261 e. The van der Waals surface area contributed by atoms with Gasteiger partial charge in [0.15, 0.2) is 0 Å². The van der Waals surface area contributed by atoms with E-state index in [0.717, 1.165) is 5.69 Å². The van der Waals surface area contributed by atoms with Crippen molar-refractivity contribution in [2.45, 2.75) is 26.3 Å². The molecule has 1 fully saturated rings. The Labute approximate surface area is 179 Å². The van der Waals surface area contributed by atoms with E-state index in [9.17, 15) is 14.4 Å². The summed E-state index contributed by atoms with van der Waals surface area (Å²) in [6, 6.07) is 12.2. The third-order valence-electron chi connectivity index (χ3n) is 5.49. The molecule has 0 unspecified atom stereocenters. The largest absolute Gasteiger partial charge is 0.497 e. The van der Waals surface area contributed by atoms with Gasteiger partial charge in [0.05, 0.1) is 30.3 Å². The van der Waals surface area contributed by atoms with Crippen molar-refractivity contribution in [3.63, 3.8) is 0 Å². The number of hydrogen-bond donors (Lipinski definition) is 1. The lowest BCUT2D eigenvalue weighted by atomic mass is 10.1. The van der Waals surface area contributed by atoms with Crippen molar-refractivity contribution in [1.29, 1.82) is 0 Å². The predicted molar refractivity (Wildman–Crippen MR) is 118 cm³/mol. The highest BCUT2D eigenvalue weighted by Crippen LogP contribution is 2.28. The van der Waals surface area contributed by atoms with Crippen LogP contribution in [-0.4, -0.2) is 35.0 Å². The third kappa shape index (κ3) is 4.01. The maximum atomic E-state index is 12.8. The summed E-state index contributed by atoms with van der Waals surface area (Å²) < 4.78 is 6.70. The number of nitrogens with zero attached hydrogens (tertiary/aromatic N) is 3. The maximum absolute atomic E-state index is 12.8. The summed E-state index contributed by atoms with van der Waals surface area (Å²) in [5, 5.41) is 3.29. The molecule has 0 aliphatic carbocycles. The van der Waals surface area contributed by atoms with Crippen LogP contribution in [0.2, 0.25) is 0 Å². The first-order chi connectivity index (χ1) is 14.9. The fourth-order valence-corrected chi connectivity index (χ4v) is 3.72. The number of nitrogens with one attached hydrogen (secondary N) is 1. The summed E-state index contributed by atoms with van der Waals surface area (Å²) in [5.74, 6) is -0.136. The van der Waals surface area contributed by atoms with E-state index in [-0.39, 0.29) is 29.8 Å². The molecule has 1 aromatic heterocycles. The topological polar surface area (TPSA) is 93.5 Å². The standard InChI is InChI=1S/C23H24N4O4/c1-14(2)27-13-24-20-9-4-16(11-19(20)23(27)30)25-22(29)15-10-21(28)26(12-15)17-5-7-18(31-3)8-6-17/h4-9,11,13-15H,10,12H2,1-3H3,(H,25,29)/t15-/m1/s1. The number of benzene rings is 2. The average molecular weight is 420 g/mol. The molecule has 0 spiro atoms. The van der Waals surface area contributed by atoms with Crippen LogP contribution in [0.1, 0.15) is 26.3 Å². The number of carbonyl (C=O) groups is 2. The fourth-order valence-electron chi connectivity index (χ4n) is 3.72. The Bertz CT molecular complexity index is 1200. The molecule has 160 valence electrons. The van der Waals surface area contributed by atoms with Crippen LogP contribution in [0.25, 0.3) is 10.9 Å². The van der Waals surface area contributed by atoms with E-state index in [1.54, 1.807) is 59.0 Å². The Morgan fingerprint density at radius 3 is 2.58 bits per heavy atom. The van der Waals surface area contributed by atoms with Crippen molar-refractivity contribution < 1.29 is 14.3 Å².